The number of nitriles is 1. The summed E-state index contributed by atoms with van der Waals surface area (Å²) < 4.78 is 21.4. The van der Waals surface area contributed by atoms with Gasteiger partial charge in [0.25, 0.3) is 0 Å². The topological polar surface area (TPSA) is 77.8 Å². The van der Waals surface area contributed by atoms with Gasteiger partial charge in [-0.05, 0) is 66.6 Å². The lowest BCUT2D eigenvalue weighted by Crippen LogP contribution is -2.17. The minimum atomic E-state index is -0.521. The monoisotopic (exact) mass is 429 g/mol. The molecule has 0 aliphatic rings. The molecule has 0 aliphatic carbocycles. The molecule has 6 nitrogen and oxygen atoms in total. The number of ether oxygens (including phenoxy) is 4. The lowest BCUT2D eigenvalue weighted by atomic mass is 10.0. The molecule has 0 heterocycles. The number of carbonyl (C=O) groups is 1. The summed E-state index contributed by atoms with van der Waals surface area (Å²) in [6.07, 6.45) is 1.71. The fraction of sp³-hybridized carbons (Fsp3) is 0.154. The summed E-state index contributed by atoms with van der Waals surface area (Å²) in [5.74, 6) is 1.54. The highest BCUT2D eigenvalue weighted by Gasteiger charge is 2.10. The van der Waals surface area contributed by atoms with Crippen molar-refractivity contribution in [3.8, 4) is 29.1 Å². The lowest BCUT2D eigenvalue weighted by Gasteiger charge is -2.09. The highest BCUT2D eigenvalue weighted by Crippen LogP contribution is 2.31. The molecule has 0 saturated carbocycles. The van der Waals surface area contributed by atoms with Gasteiger partial charge in [-0.15, -0.1) is 0 Å². The van der Waals surface area contributed by atoms with Crippen molar-refractivity contribution < 1.29 is 23.7 Å². The van der Waals surface area contributed by atoms with Crippen LogP contribution >= 0.6 is 0 Å². The summed E-state index contributed by atoms with van der Waals surface area (Å²) in [7, 11) is 3.09. The van der Waals surface area contributed by atoms with E-state index in [0.717, 1.165) is 5.56 Å². The van der Waals surface area contributed by atoms with Crippen LogP contribution in [-0.2, 0) is 4.79 Å². The first-order valence-corrected chi connectivity index (χ1v) is 9.87. The predicted octanol–water partition coefficient (Wildman–Crippen LogP) is 5.06. The quantitative estimate of drug-likeness (QED) is 0.216. The van der Waals surface area contributed by atoms with Gasteiger partial charge in [-0.1, -0.05) is 29.8 Å². The first kappa shape index (κ1) is 22.4. The Kier molecular flexibility index (Phi) is 7.50. The van der Waals surface area contributed by atoms with Gasteiger partial charge in [0, 0.05) is 0 Å². The van der Waals surface area contributed by atoms with Gasteiger partial charge in [0.1, 0.15) is 11.5 Å². The largest absolute Gasteiger partial charge is 0.493 e. The molecule has 0 aromatic heterocycles. The fourth-order valence-electron chi connectivity index (χ4n) is 2.96. The Morgan fingerprint density at radius 2 is 1.69 bits per heavy atom. The molecule has 0 aliphatic heterocycles. The third-order valence-electron chi connectivity index (χ3n) is 4.59. The Morgan fingerprint density at radius 3 is 2.38 bits per heavy atom. The summed E-state index contributed by atoms with van der Waals surface area (Å²) in [5, 5.41) is 9.65. The van der Waals surface area contributed by atoms with Crippen molar-refractivity contribution in [2.24, 2.45) is 0 Å². The van der Waals surface area contributed by atoms with Crippen LogP contribution in [0.5, 0.6) is 23.0 Å². The molecule has 0 unspecified atom stereocenters. The smallest absolute Gasteiger partial charge is 0.349 e. The van der Waals surface area contributed by atoms with E-state index in [1.165, 1.54) is 7.11 Å². The van der Waals surface area contributed by atoms with Crippen LogP contribution in [0.3, 0.4) is 0 Å². The van der Waals surface area contributed by atoms with Crippen LogP contribution in [0.2, 0.25) is 0 Å². The Hall–Kier alpha value is -4.24. The molecule has 0 bridgehead atoms. The second-order valence-electron chi connectivity index (χ2n) is 6.89. The molecule has 32 heavy (non-hydrogen) atoms. The Bertz CT molecular complexity index is 1160. The van der Waals surface area contributed by atoms with Gasteiger partial charge >= 0.3 is 5.97 Å². The second-order valence-corrected chi connectivity index (χ2v) is 6.89. The first-order chi connectivity index (χ1) is 15.5. The average Bonchev–Trinajstić information content (AvgIpc) is 2.82. The van der Waals surface area contributed by atoms with Crippen molar-refractivity contribution >= 4 is 17.6 Å². The van der Waals surface area contributed by atoms with E-state index < -0.39 is 5.97 Å². The van der Waals surface area contributed by atoms with E-state index in [1.54, 1.807) is 61.7 Å². The summed E-state index contributed by atoms with van der Waals surface area (Å²) in [5.41, 5.74) is 2.92. The van der Waals surface area contributed by atoms with Gasteiger partial charge in [-0.2, -0.15) is 5.26 Å². The lowest BCUT2D eigenvalue weighted by molar-refractivity contribution is -0.136. The summed E-state index contributed by atoms with van der Waals surface area (Å²) in [4.78, 5) is 12.2. The van der Waals surface area contributed by atoms with Crippen LogP contribution < -0.4 is 18.9 Å². The number of aryl methyl sites for hydroxylation is 1. The molecule has 3 aromatic carbocycles. The highest BCUT2D eigenvalue weighted by atomic mass is 16.6. The first-order valence-electron chi connectivity index (χ1n) is 9.87. The molecule has 162 valence electrons. The van der Waals surface area contributed by atoms with E-state index in [1.807, 2.05) is 25.1 Å². The third kappa shape index (κ3) is 5.89. The Morgan fingerprint density at radius 1 is 0.938 bits per heavy atom. The Balaban J connectivity index is 1.71. The molecule has 0 atom stereocenters. The van der Waals surface area contributed by atoms with Gasteiger partial charge in [0.05, 0.1) is 25.9 Å². The molecule has 3 rings (SSSR count). The average molecular weight is 429 g/mol. The van der Waals surface area contributed by atoms with E-state index in [4.69, 9.17) is 18.9 Å². The van der Waals surface area contributed by atoms with Crippen LogP contribution in [-0.4, -0.2) is 26.8 Å². The van der Waals surface area contributed by atoms with Crippen molar-refractivity contribution in [2.45, 2.75) is 6.92 Å². The van der Waals surface area contributed by atoms with Crippen molar-refractivity contribution in [3.05, 3.63) is 83.4 Å². The number of benzene rings is 3. The molecule has 0 radical (unpaired) electrons. The normalized spacial score (nSPS) is 10.8. The van der Waals surface area contributed by atoms with E-state index in [2.05, 4.69) is 6.07 Å². The zero-order valence-corrected chi connectivity index (χ0v) is 18.1. The van der Waals surface area contributed by atoms with E-state index in [0.29, 0.717) is 39.7 Å². The molecule has 0 amide bonds. The number of rotatable bonds is 8. The van der Waals surface area contributed by atoms with Crippen LogP contribution in [0.25, 0.3) is 11.6 Å². The van der Waals surface area contributed by atoms with E-state index in [-0.39, 0.29) is 6.61 Å². The number of carbonyl (C=O) groups excluding carboxylic acids is 1. The zero-order chi connectivity index (χ0) is 22.9. The molecule has 0 spiro atoms. The highest BCUT2D eigenvalue weighted by molar-refractivity contribution is 5.90. The van der Waals surface area contributed by atoms with Gasteiger partial charge in [-0.3, -0.25) is 0 Å². The van der Waals surface area contributed by atoms with Crippen LogP contribution in [0.15, 0.2) is 66.7 Å². The number of allylic oxidation sites excluding steroid dienone is 1. The molecule has 0 N–H and O–H groups in total. The van der Waals surface area contributed by atoms with Crippen LogP contribution in [0, 0.1) is 18.3 Å². The standard InChI is InChI=1S/C26H23NO5/c1-18-7-10-22(11-8-18)31-17-26(28)32-23-6-4-5-19(14-23)13-21(16-27)20-9-12-24(29-2)25(15-20)30-3/h4-15H,17H2,1-3H3/b21-13-. The van der Waals surface area contributed by atoms with Gasteiger partial charge < -0.3 is 18.9 Å². The van der Waals surface area contributed by atoms with Gasteiger partial charge in [-0.25, -0.2) is 4.79 Å². The van der Waals surface area contributed by atoms with Crippen LogP contribution in [0.4, 0.5) is 0 Å². The van der Waals surface area contributed by atoms with Crippen molar-refractivity contribution in [1.82, 2.24) is 0 Å². The molecular formula is C26H23NO5. The van der Waals surface area contributed by atoms with Crippen molar-refractivity contribution in [1.29, 1.82) is 5.26 Å². The third-order valence-corrected chi connectivity index (χ3v) is 4.59. The minimum Gasteiger partial charge on any atom is -0.493 e. The minimum absolute atomic E-state index is 0.210. The fourth-order valence-corrected chi connectivity index (χ4v) is 2.96. The zero-order valence-electron chi connectivity index (χ0n) is 18.1. The summed E-state index contributed by atoms with van der Waals surface area (Å²) in [6.45, 7) is 1.76. The maximum Gasteiger partial charge on any atom is 0.349 e. The summed E-state index contributed by atoms with van der Waals surface area (Å²) >= 11 is 0. The number of hydrogen-bond donors (Lipinski definition) is 0. The molecule has 3 aromatic rings. The SMILES string of the molecule is COc1ccc(/C(C#N)=C\c2cccc(OC(=O)COc3ccc(C)cc3)c2)cc1OC. The molecular weight excluding hydrogens is 406 g/mol. The van der Waals surface area contributed by atoms with E-state index in [9.17, 15) is 10.1 Å². The van der Waals surface area contributed by atoms with Gasteiger partial charge in [0.15, 0.2) is 18.1 Å². The number of esters is 1. The number of methoxy groups -OCH3 is 2. The van der Waals surface area contributed by atoms with Gasteiger partial charge in [0.2, 0.25) is 0 Å². The predicted molar refractivity (Wildman–Crippen MR) is 122 cm³/mol. The molecule has 0 fully saturated rings. The van der Waals surface area contributed by atoms with E-state index >= 15 is 0 Å². The molecule has 0 saturated heterocycles. The molecule has 6 heteroatoms. The second kappa shape index (κ2) is 10.7. The van der Waals surface area contributed by atoms with Crippen LogP contribution in [0.1, 0.15) is 16.7 Å². The van der Waals surface area contributed by atoms with Crippen molar-refractivity contribution in [2.75, 3.05) is 20.8 Å². The van der Waals surface area contributed by atoms with Crippen molar-refractivity contribution in [3.63, 3.8) is 0 Å². The summed E-state index contributed by atoms with van der Waals surface area (Å²) in [6, 6.07) is 21.8. The maximum atomic E-state index is 12.2. The number of hydrogen-bond acceptors (Lipinski definition) is 6. The number of nitrogens with zero attached hydrogens (tertiary/aromatic N) is 1. The Labute approximate surface area is 187 Å². The maximum absolute atomic E-state index is 12.2.